The second-order valence-corrected chi connectivity index (χ2v) is 4.42. The lowest BCUT2D eigenvalue weighted by Gasteiger charge is -2.11. The van der Waals surface area contributed by atoms with Gasteiger partial charge in [-0.1, -0.05) is 19.1 Å². The average Bonchev–Trinajstić information content (AvgIpc) is 2.40. The maximum atomic E-state index is 13.6. The number of aromatic nitrogens is 2. The summed E-state index contributed by atoms with van der Waals surface area (Å²) in [6.07, 6.45) is 0.786. The predicted molar refractivity (Wildman–Crippen MR) is 74.1 cm³/mol. The Morgan fingerprint density at radius 1 is 1.26 bits per heavy atom. The van der Waals surface area contributed by atoms with Crippen LogP contribution in [0.25, 0.3) is 11.4 Å². The minimum atomic E-state index is -0.263. The molecule has 0 bridgehead atoms. The van der Waals surface area contributed by atoms with Gasteiger partial charge in [-0.3, -0.25) is 0 Å². The van der Waals surface area contributed by atoms with E-state index in [1.807, 2.05) is 13.8 Å². The first-order valence-corrected chi connectivity index (χ1v) is 6.17. The van der Waals surface area contributed by atoms with Gasteiger partial charge >= 0.3 is 0 Å². The van der Waals surface area contributed by atoms with Crippen LogP contribution in [-0.4, -0.2) is 9.97 Å². The minimum Gasteiger partial charge on any atom is -0.308 e. The molecule has 0 saturated heterocycles. The summed E-state index contributed by atoms with van der Waals surface area (Å²) in [6.45, 7) is 5.63. The number of hydrogen-bond acceptors (Lipinski definition) is 4. The number of nitrogen functional groups attached to an aromatic ring is 1. The monoisotopic (exact) mass is 260 g/mol. The fourth-order valence-electron chi connectivity index (χ4n) is 2.00. The fourth-order valence-corrected chi connectivity index (χ4v) is 2.00. The number of nitrogens with zero attached hydrogens (tertiary/aromatic N) is 2. The number of rotatable bonds is 3. The minimum absolute atomic E-state index is 0.263. The average molecular weight is 260 g/mol. The van der Waals surface area contributed by atoms with E-state index in [1.54, 1.807) is 19.1 Å². The highest BCUT2D eigenvalue weighted by atomic mass is 19.1. The molecule has 0 saturated carbocycles. The number of hydrazine groups is 1. The van der Waals surface area contributed by atoms with Gasteiger partial charge in [0, 0.05) is 16.8 Å². The van der Waals surface area contributed by atoms with Crippen molar-refractivity contribution < 1.29 is 4.39 Å². The van der Waals surface area contributed by atoms with Gasteiger partial charge in [-0.05, 0) is 31.9 Å². The Morgan fingerprint density at radius 2 is 2.00 bits per heavy atom. The molecule has 2 aromatic rings. The van der Waals surface area contributed by atoms with Crippen LogP contribution in [0.5, 0.6) is 0 Å². The molecular formula is C14H17FN4. The van der Waals surface area contributed by atoms with Crippen LogP contribution in [0, 0.1) is 19.7 Å². The summed E-state index contributed by atoms with van der Waals surface area (Å²) < 4.78 is 13.6. The lowest BCUT2D eigenvalue weighted by Crippen LogP contribution is -2.13. The second kappa shape index (κ2) is 5.32. The Balaban J connectivity index is 2.56. The van der Waals surface area contributed by atoms with E-state index in [-0.39, 0.29) is 5.82 Å². The van der Waals surface area contributed by atoms with Crippen molar-refractivity contribution >= 4 is 5.82 Å². The van der Waals surface area contributed by atoms with Crippen molar-refractivity contribution in [2.24, 2.45) is 5.84 Å². The van der Waals surface area contributed by atoms with Crippen LogP contribution >= 0.6 is 0 Å². The van der Waals surface area contributed by atoms with Crippen molar-refractivity contribution in [1.82, 2.24) is 9.97 Å². The van der Waals surface area contributed by atoms with Crippen LogP contribution in [0.4, 0.5) is 10.2 Å². The molecule has 0 aliphatic heterocycles. The van der Waals surface area contributed by atoms with Gasteiger partial charge in [0.1, 0.15) is 11.6 Å². The van der Waals surface area contributed by atoms with E-state index < -0.39 is 0 Å². The largest absolute Gasteiger partial charge is 0.308 e. The zero-order chi connectivity index (χ0) is 14.0. The van der Waals surface area contributed by atoms with E-state index in [0.717, 1.165) is 17.7 Å². The topological polar surface area (TPSA) is 63.8 Å². The molecule has 0 amide bonds. The van der Waals surface area contributed by atoms with E-state index >= 15 is 0 Å². The van der Waals surface area contributed by atoms with Gasteiger partial charge in [-0.15, -0.1) is 0 Å². The van der Waals surface area contributed by atoms with Crippen LogP contribution in [0.15, 0.2) is 18.2 Å². The van der Waals surface area contributed by atoms with Gasteiger partial charge < -0.3 is 5.43 Å². The molecular weight excluding hydrogens is 243 g/mol. The van der Waals surface area contributed by atoms with E-state index in [1.165, 1.54) is 6.07 Å². The molecule has 5 heteroatoms. The molecule has 19 heavy (non-hydrogen) atoms. The quantitative estimate of drug-likeness (QED) is 0.658. The van der Waals surface area contributed by atoms with Gasteiger partial charge in [0.05, 0.1) is 0 Å². The third-order valence-corrected chi connectivity index (χ3v) is 3.13. The molecule has 0 radical (unpaired) electrons. The summed E-state index contributed by atoms with van der Waals surface area (Å²) in [4.78, 5) is 8.77. The molecule has 0 unspecified atom stereocenters. The van der Waals surface area contributed by atoms with Crippen molar-refractivity contribution in [2.45, 2.75) is 27.2 Å². The molecule has 1 aromatic carbocycles. The zero-order valence-corrected chi connectivity index (χ0v) is 11.3. The normalized spacial score (nSPS) is 10.6. The molecule has 1 aromatic heterocycles. The number of nitrogens with one attached hydrogen (secondary N) is 1. The number of benzene rings is 1. The third kappa shape index (κ3) is 2.56. The van der Waals surface area contributed by atoms with Gasteiger partial charge in [0.25, 0.3) is 0 Å². The van der Waals surface area contributed by atoms with Crippen LogP contribution in [0.3, 0.4) is 0 Å². The Labute approximate surface area is 111 Å². The molecule has 2 rings (SSSR count). The van der Waals surface area contributed by atoms with E-state index in [9.17, 15) is 4.39 Å². The van der Waals surface area contributed by atoms with Crippen molar-refractivity contribution in [2.75, 3.05) is 5.43 Å². The number of anilines is 1. The fraction of sp³-hybridized carbons (Fsp3) is 0.286. The van der Waals surface area contributed by atoms with Gasteiger partial charge in [0.2, 0.25) is 0 Å². The molecule has 0 fully saturated rings. The molecule has 0 spiro atoms. The summed E-state index contributed by atoms with van der Waals surface area (Å²) in [7, 11) is 0. The van der Waals surface area contributed by atoms with Gasteiger partial charge in [-0.25, -0.2) is 20.2 Å². The van der Waals surface area contributed by atoms with Gasteiger partial charge in [0.15, 0.2) is 5.82 Å². The van der Waals surface area contributed by atoms with Crippen molar-refractivity contribution in [1.29, 1.82) is 0 Å². The highest BCUT2D eigenvalue weighted by Crippen LogP contribution is 2.23. The predicted octanol–water partition coefficient (Wildman–Crippen LogP) is 2.75. The van der Waals surface area contributed by atoms with Crippen molar-refractivity contribution in [3.63, 3.8) is 0 Å². The Morgan fingerprint density at radius 3 is 2.58 bits per heavy atom. The first-order valence-electron chi connectivity index (χ1n) is 6.17. The molecule has 0 atom stereocenters. The number of nitrogens with two attached hydrogens (primary N) is 1. The van der Waals surface area contributed by atoms with E-state index in [2.05, 4.69) is 15.4 Å². The summed E-state index contributed by atoms with van der Waals surface area (Å²) in [6, 6.07) is 4.96. The number of hydrogen-bond donors (Lipinski definition) is 2. The van der Waals surface area contributed by atoms with Gasteiger partial charge in [-0.2, -0.15) is 0 Å². The number of halogens is 1. The lowest BCUT2D eigenvalue weighted by atomic mass is 10.1. The maximum Gasteiger partial charge on any atom is 0.161 e. The molecule has 0 aliphatic carbocycles. The van der Waals surface area contributed by atoms with Crippen LogP contribution in [0.2, 0.25) is 0 Å². The highest BCUT2D eigenvalue weighted by Gasteiger charge is 2.11. The Kier molecular flexibility index (Phi) is 3.76. The van der Waals surface area contributed by atoms with Crippen LogP contribution in [-0.2, 0) is 6.42 Å². The van der Waals surface area contributed by atoms with Crippen molar-refractivity contribution in [3.05, 3.63) is 40.8 Å². The lowest BCUT2D eigenvalue weighted by molar-refractivity contribution is 0.619. The summed E-state index contributed by atoms with van der Waals surface area (Å²) in [5, 5.41) is 0. The molecule has 4 nitrogen and oxygen atoms in total. The second-order valence-electron chi connectivity index (χ2n) is 4.42. The molecule has 0 aliphatic rings. The van der Waals surface area contributed by atoms with Crippen LogP contribution in [0.1, 0.15) is 23.7 Å². The SMILES string of the molecule is CCc1c(C)nc(-c2ccc(C)c(F)c2)nc1NN. The Hall–Kier alpha value is -2.01. The first-order chi connectivity index (χ1) is 9.06. The highest BCUT2D eigenvalue weighted by molar-refractivity contribution is 5.60. The van der Waals surface area contributed by atoms with E-state index in [4.69, 9.17) is 5.84 Å². The van der Waals surface area contributed by atoms with Crippen LogP contribution < -0.4 is 11.3 Å². The third-order valence-electron chi connectivity index (χ3n) is 3.13. The smallest absolute Gasteiger partial charge is 0.161 e. The van der Waals surface area contributed by atoms with Crippen molar-refractivity contribution in [3.8, 4) is 11.4 Å². The summed E-state index contributed by atoms with van der Waals surface area (Å²) >= 11 is 0. The maximum absolute atomic E-state index is 13.6. The Bertz CT molecular complexity index is 611. The number of aryl methyl sites for hydroxylation is 2. The molecule has 3 N–H and O–H groups in total. The molecule has 1 heterocycles. The molecule has 100 valence electrons. The summed E-state index contributed by atoms with van der Waals surface area (Å²) in [5.41, 5.74) is 5.64. The zero-order valence-electron chi connectivity index (χ0n) is 11.3. The van der Waals surface area contributed by atoms with E-state index in [0.29, 0.717) is 22.8 Å². The first kappa shape index (κ1) is 13.4. The summed E-state index contributed by atoms with van der Waals surface area (Å²) in [5.74, 6) is 6.28. The standard InChI is InChI=1S/C14H17FN4/c1-4-11-9(3)17-13(18-14(11)19-16)10-6-5-8(2)12(15)7-10/h5-7H,4,16H2,1-3H3,(H,17,18,19).